The summed E-state index contributed by atoms with van der Waals surface area (Å²) in [5.41, 5.74) is -0.332. The van der Waals surface area contributed by atoms with Gasteiger partial charge in [-0.25, -0.2) is 4.98 Å². The van der Waals surface area contributed by atoms with E-state index in [4.69, 9.17) is 4.74 Å². The molecular weight excluding hydrogens is 459 g/mol. The fourth-order valence-corrected chi connectivity index (χ4v) is 3.14. The second-order valence-corrected chi connectivity index (χ2v) is 8.98. The van der Waals surface area contributed by atoms with E-state index in [1.54, 1.807) is 12.1 Å². The number of halogens is 3. The van der Waals surface area contributed by atoms with E-state index in [1.807, 2.05) is 20.8 Å². The molecule has 0 aliphatic heterocycles. The van der Waals surface area contributed by atoms with Gasteiger partial charge in [-0.2, -0.15) is 13.2 Å². The maximum absolute atomic E-state index is 12.9. The first-order valence-electron chi connectivity index (χ1n) is 9.56. The Balaban J connectivity index is 1.95. The average molecular weight is 478 g/mol. The maximum atomic E-state index is 12.9. The summed E-state index contributed by atoms with van der Waals surface area (Å²) in [4.78, 5) is 20.0. The van der Waals surface area contributed by atoms with E-state index in [1.165, 1.54) is 18.3 Å². The highest BCUT2D eigenvalue weighted by molar-refractivity contribution is 7.79. The molecule has 1 aromatic carbocycles. The molecule has 0 radical (unpaired) electrons. The predicted molar refractivity (Wildman–Crippen MR) is 114 cm³/mol. The van der Waals surface area contributed by atoms with Crippen LogP contribution in [0.5, 0.6) is 11.5 Å². The Labute approximate surface area is 190 Å². The Kier molecular flexibility index (Phi) is 6.84. The molecule has 0 bridgehead atoms. The van der Waals surface area contributed by atoms with Crippen LogP contribution in [0.25, 0.3) is 0 Å². The van der Waals surface area contributed by atoms with Crippen molar-refractivity contribution in [3.05, 3.63) is 71.8 Å². The quantitative estimate of drug-likeness (QED) is 0.513. The number of aromatic nitrogens is 2. The zero-order valence-corrected chi connectivity index (χ0v) is 18.6. The first-order valence-corrected chi connectivity index (χ1v) is 10.6. The zero-order valence-electron chi connectivity index (χ0n) is 17.8. The smallest absolute Gasteiger partial charge is 0.433 e. The molecule has 3 aromatic rings. The number of hydrogen-bond donors (Lipinski definition) is 1. The van der Waals surface area contributed by atoms with Crippen molar-refractivity contribution in [2.45, 2.75) is 37.3 Å². The van der Waals surface area contributed by atoms with Crippen LogP contribution in [-0.4, -0.2) is 24.6 Å². The summed E-state index contributed by atoms with van der Waals surface area (Å²) in [6, 6.07) is 7.99. The number of nitrogens with one attached hydrogen (secondary N) is 1. The van der Waals surface area contributed by atoms with Crippen LogP contribution in [0.1, 0.15) is 42.4 Å². The third-order valence-electron chi connectivity index (χ3n) is 4.51. The molecule has 1 N–H and O–H groups in total. The topological polar surface area (TPSA) is 104 Å². The average Bonchev–Trinajstić information content (AvgIpc) is 2.73. The minimum absolute atomic E-state index is 0.00789. The highest BCUT2D eigenvalue weighted by Crippen LogP contribution is 2.33. The first-order chi connectivity index (χ1) is 15.3. The molecule has 174 valence electrons. The molecule has 11 heteroatoms. The minimum atomic E-state index is -4.59. The number of rotatable bonds is 5. The molecule has 0 aliphatic carbocycles. The van der Waals surface area contributed by atoms with Gasteiger partial charge in [0.1, 0.15) is 17.2 Å². The van der Waals surface area contributed by atoms with E-state index in [-0.39, 0.29) is 33.1 Å². The summed E-state index contributed by atoms with van der Waals surface area (Å²) in [7, 11) is 0. The third kappa shape index (κ3) is 6.14. The van der Waals surface area contributed by atoms with Gasteiger partial charge in [0.2, 0.25) is 0 Å². The highest BCUT2D eigenvalue weighted by atomic mass is 32.2. The van der Waals surface area contributed by atoms with Gasteiger partial charge in [-0.3, -0.25) is 14.0 Å². The van der Waals surface area contributed by atoms with Crippen molar-refractivity contribution in [3.63, 3.8) is 0 Å². The molecule has 0 aliphatic rings. The number of carbonyl (C=O) groups excluding carboxylic acids is 1. The van der Waals surface area contributed by atoms with Crippen LogP contribution in [0.2, 0.25) is 0 Å². The number of carbonyl (C=O) groups is 1. The molecule has 0 fully saturated rings. The summed E-state index contributed by atoms with van der Waals surface area (Å²) in [5, 5.41) is 2.55. The Morgan fingerprint density at radius 1 is 1.06 bits per heavy atom. The SMILES string of the molecule is CC(C)(C)c1ccc(C(=O)Nc2cncc(S(=O)[O-])c2)c(Oc2ccc(C(F)(F)F)nc2)c1. The van der Waals surface area contributed by atoms with E-state index in [2.05, 4.69) is 15.3 Å². The van der Waals surface area contributed by atoms with E-state index < -0.39 is 28.9 Å². The monoisotopic (exact) mass is 478 g/mol. The van der Waals surface area contributed by atoms with Crippen LogP contribution in [0.3, 0.4) is 0 Å². The van der Waals surface area contributed by atoms with Crippen LogP contribution >= 0.6 is 0 Å². The number of nitrogens with zero attached hydrogens (tertiary/aromatic N) is 2. The first kappa shape index (κ1) is 24.3. The van der Waals surface area contributed by atoms with E-state index in [0.717, 1.165) is 30.1 Å². The van der Waals surface area contributed by atoms with Crippen molar-refractivity contribution in [1.29, 1.82) is 0 Å². The van der Waals surface area contributed by atoms with Crippen LogP contribution in [0, 0.1) is 0 Å². The zero-order chi connectivity index (χ0) is 24.4. The summed E-state index contributed by atoms with van der Waals surface area (Å²) in [5.74, 6) is -0.521. The molecule has 7 nitrogen and oxygen atoms in total. The number of amides is 1. The third-order valence-corrected chi connectivity index (χ3v) is 5.12. The van der Waals surface area contributed by atoms with Crippen molar-refractivity contribution in [1.82, 2.24) is 9.97 Å². The fraction of sp³-hybridized carbons (Fsp3) is 0.227. The van der Waals surface area contributed by atoms with Gasteiger partial charge in [0.15, 0.2) is 0 Å². The van der Waals surface area contributed by atoms with Crippen molar-refractivity contribution >= 4 is 22.7 Å². The molecule has 3 rings (SSSR count). The second-order valence-electron chi connectivity index (χ2n) is 8.04. The van der Waals surface area contributed by atoms with E-state index >= 15 is 0 Å². The van der Waals surface area contributed by atoms with Gasteiger partial charge in [0.25, 0.3) is 5.91 Å². The van der Waals surface area contributed by atoms with Gasteiger partial charge in [-0.05, 0) is 52.4 Å². The van der Waals surface area contributed by atoms with E-state index in [9.17, 15) is 26.7 Å². The summed E-state index contributed by atoms with van der Waals surface area (Å²) in [6.45, 7) is 5.85. The molecule has 1 atom stereocenters. The Bertz CT molecular complexity index is 1190. The highest BCUT2D eigenvalue weighted by Gasteiger charge is 2.32. The van der Waals surface area contributed by atoms with Crippen molar-refractivity contribution in [3.8, 4) is 11.5 Å². The van der Waals surface area contributed by atoms with Crippen LogP contribution in [-0.2, 0) is 22.7 Å². The standard InChI is InChI=1S/C22H20F3N3O4S/c1-21(2,3)13-4-6-17(20(29)28-14-9-16(33(30)31)12-26-10-14)18(8-13)32-15-5-7-19(27-11-15)22(23,24)25/h4-12H,1-3H3,(H,28,29)(H,30,31)/p-1. The molecular formula is C22H19F3N3O4S-. The molecule has 1 unspecified atom stereocenters. The number of ether oxygens (including phenoxy) is 1. The lowest BCUT2D eigenvalue weighted by Crippen LogP contribution is -2.16. The summed E-state index contributed by atoms with van der Waals surface area (Å²) < 4.78 is 66.4. The van der Waals surface area contributed by atoms with Gasteiger partial charge in [0, 0.05) is 11.1 Å². The number of alkyl halides is 3. The lowest BCUT2D eigenvalue weighted by atomic mass is 9.86. The van der Waals surface area contributed by atoms with Crippen LogP contribution in [0.4, 0.5) is 18.9 Å². The lowest BCUT2D eigenvalue weighted by molar-refractivity contribution is -0.141. The Hall–Kier alpha value is -3.31. The van der Waals surface area contributed by atoms with Gasteiger partial charge in [-0.15, -0.1) is 0 Å². The van der Waals surface area contributed by atoms with Crippen LogP contribution in [0.15, 0.2) is 59.9 Å². The Morgan fingerprint density at radius 2 is 1.79 bits per heavy atom. The van der Waals surface area contributed by atoms with Crippen molar-refractivity contribution < 1.29 is 31.5 Å². The van der Waals surface area contributed by atoms with Gasteiger partial charge < -0.3 is 14.6 Å². The maximum Gasteiger partial charge on any atom is 0.433 e. The fourth-order valence-electron chi connectivity index (χ4n) is 2.77. The molecule has 0 saturated heterocycles. The Morgan fingerprint density at radius 3 is 2.36 bits per heavy atom. The van der Waals surface area contributed by atoms with Crippen molar-refractivity contribution in [2.75, 3.05) is 5.32 Å². The van der Waals surface area contributed by atoms with Gasteiger partial charge in [-0.1, -0.05) is 26.8 Å². The summed E-state index contributed by atoms with van der Waals surface area (Å²) >= 11 is -2.53. The van der Waals surface area contributed by atoms with Gasteiger partial charge >= 0.3 is 6.18 Å². The van der Waals surface area contributed by atoms with Crippen molar-refractivity contribution in [2.24, 2.45) is 0 Å². The number of hydrogen-bond acceptors (Lipinski definition) is 6. The van der Waals surface area contributed by atoms with Gasteiger partial charge in [0.05, 0.1) is 23.6 Å². The van der Waals surface area contributed by atoms with Crippen LogP contribution < -0.4 is 10.1 Å². The molecule has 2 heterocycles. The number of pyridine rings is 2. The largest absolute Gasteiger partial charge is 0.768 e. The normalized spacial score (nSPS) is 12.8. The minimum Gasteiger partial charge on any atom is -0.768 e. The van der Waals surface area contributed by atoms with E-state index in [0.29, 0.717) is 0 Å². The molecule has 33 heavy (non-hydrogen) atoms. The molecule has 0 spiro atoms. The second kappa shape index (κ2) is 9.28. The lowest BCUT2D eigenvalue weighted by Gasteiger charge is -2.21. The number of anilines is 1. The molecule has 2 aromatic heterocycles. The summed E-state index contributed by atoms with van der Waals surface area (Å²) in [6.07, 6.45) is -1.27. The predicted octanol–water partition coefficient (Wildman–Crippen LogP) is 5.08. The molecule has 0 saturated carbocycles. The number of benzene rings is 1. The molecule has 1 amide bonds.